The summed E-state index contributed by atoms with van der Waals surface area (Å²) >= 11 is 0. The van der Waals surface area contributed by atoms with Crippen LogP contribution in [0.1, 0.15) is 36.2 Å². The first kappa shape index (κ1) is 13.2. The van der Waals surface area contributed by atoms with Gasteiger partial charge >= 0.3 is 5.97 Å². The van der Waals surface area contributed by atoms with Crippen molar-refractivity contribution in [3.8, 4) is 5.75 Å². The molecule has 0 aromatic heterocycles. The van der Waals surface area contributed by atoms with Crippen molar-refractivity contribution in [3.63, 3.8) is 0 Å². The molecule has 0 heterocycles. The Kier molecular flexibility index (Phi) is 4.69. The molecular weight excluding hydrogens is 220 g/mol. The predicted octanol–water partition coefficient (Wildman–Crippen LogP) is 2.30. The van der Waals surface area contributed by atoms with Gasteiger partial charge in [-0.1, -0.05) is 6.07 Å². The van der Waals surface area contributed by atoms with Crippen LogP contribution in [0.15, 0.2) is 18.2 Å². The van der Waals surface area contributed by atoms with Crippen LogP contribution in [0, 0.1) is 0 Å². The molecule has 17 heavy (non-hydrogen) atoms. The average Bonchev–Trinajstić information content (AvgIpc) is 2.26. The molecule has 0 unspecified atom stereocenters. The summed E-state index contributed by atoms with van der Waals surface area (Å²) in [5.41, 5.74) is 1.28. The van der Waals surface area contributed by atoms with Crippen molar-refractivity contribution in [2.75, 3.05) is 0 Å². The third-order valence-electron chi connectivity index (χ3n) is 2.19. The Labute approximate surface area is 100 Å². The molecule has 0 saturated heterocycles. The standard InChI is InChI=1S/C13H16O4/c1-9(2)17-12-5-3-10(4-6-13(15)16)7-11(12)8-14/h3,5,7-9H,4,6H2,1-2H3,(H,15,16). The Morgan fingerprint density at radius 3 is 2.71 bits per heavy atom. The average molecular weight is 236 g/mol. The van der Waals surface area contributed by atoms with Crippen molar-refractivity contribution in [1.29, 1.82) is 0 Å². The van der Waals surface area contributed by atoms with Gasteiger partial charge in [0.25, 0.3) is 0 Å². The smallest absolute Gasteiger partial charge is 0.303 e. The summed E-state index contributed by atoms with van der Waals surface area (Å²) in [6, 6.07) is 5.17. The number of aldehydes is 1. The molecule has 1 N–H and O–H groups in total. The lowest BCUT2D eigenvalue weighted by atomic mass is 10.1. The van der Waals surface area contributed by atoms with Crippen molar-refractivity contribution in [2.45, 2.75) is 32.8 Å². The maximum absolute atomic E-state index is 10.9. The molecule has 92 valence electrons. The second kappa shape index (κ2) is 6.03. The quantitative estimate of drug-likeness (QED) is 0.770. The third kappa shape index (κ3) is 4.26. The van der Waals surface area contributed by atoms with Gasteiger partial charge in [-0.25, -0.2) is 0 Å². The van der Waals surface area contributed by atoms with Crippen molar-refractivity contribution < 1.29 is 19.4 Å². The summed E-state index contributed by atoms with van der Waals surface area (Å²) in [4.78, 5) is 21.3. The van der Waals surface area contributed by atoms with Gasteiger partial charge in [-0.05, 0) is 38.0 Å². The summed E-state index contributed by atoms with van der Waals surface area (Å²) in [7, 11) is 0. The van der Waals surface area contributed by atoms with Gasteiger partial charge in [-0.3, -0.25) is 9.59 Å². The zero-order valence-electron chi connectivity index (χ0n) is 9.97. The fraction of sp³-hybridized carbons (Fsp3) is 0.385. The summed E-state index contributed by atoms with van der Waals surface area (Å²) in [5, 5.41) is 8.58. The second-order valence-corrected chi connectivity index (χ2v) is 4.05. The van der Waals surface area contributed by atoms with Crippen LogP contribution in [0.3, 0.4) is 0 Å². The Hall–Kier alpha value is -1.84. The highest BCUT2D eigenvalue weighted by Crippen LogP contribution is 2.20. The predicted molar refractivity (Wildman–Crippen MR) is 63.6 cm³/mol. The first-order valence-corrected chi connectivity index (χ1v) is 5.49. The highest BCUT2D eigenvalue weighted by Gasteiger charge is 2.07. The van der Waals surface area contributed by atoms with E-state index in [4.69, 9.17) is 9.84 Å². The summed E-state index contributed by atoms with van der Waals surface area (Å²) in [6.45, 7) is 3.76. The lowest BCUT2D eigenvalue weighted by Gasteiger charge is -2.12. The fourth-order valence-electron chi connectivity index (χ4n) is 1.46. The fourth-order valence-corrected chi connectivity index (χ4v) is 1.46. The van der Waals surface area contributed by atoms with E-state index in [2.05, 4.69) is 0 Å². The monoisotopic (exact) mass is 236 g/mol. The van der Waals surface area contributed by atoms with E-state index in [9.17, 15) is 9.59 Å². The van der Waals surface area contributed by atoms with Gasteiger partial charge in [-0.2, -0.15) is 0 Å². The van der Waals surface area contributed by atoms with Gasteiger partial charge in [0.2, 0.25) is 0 Å². The summed E-state index contributed by atoms with van der Waals surface area (Å²) in [6.07, 6.45) is 1.20. The maximum atomic E-state index is 10.9. The second-order valence-electron chi connectivity index (χ2n) is 4.05. The highest BCUT2D eigenvalue weighted by molar-refractivity contribution is 5.79. The van der Waals surface area contributed by atoms with E-state index in [1.165, 1.54) is 0 Å². The van der Waals surface area contributed by atoms with Crippen molar-refractivity contribution >= 4 is 12.3 Å². The minimum atomic E-state index is -0.847. The normalized spacial score (nSPS) is 10.3. The zero-order chi connectivity index (χ0) is 12.8. The number of carboxylic acids is 1. The molecule has 4 nitrogen and oxygen atoms in total. The Balaban J connectivity index is 2.84. The minimum Gasteiger partial charge on any atom is -0.490 e. The molecule has 4 heteroatoms. The molecule has 0 atom stereocenters. The van der Waals surface area contributed by atoms with Crippen LogP contribution in [0.5, 0.6) is 5.75 Å². The lowest BCUT2D eigenvalue weighted by Crippen LogP contribution is -2.07. The first-order chi connectivity index (χ1) is 8.02. The molecule has 1 aromatic rings. The number of ether oxygens (including phenoxy) is 1. The van der Waals surface area contributed by atoms with Gasteiger partial charge < -0.3 is 9.84 Å². The Bertz CT molecular complexity index is 410. The van der Waals surface area contributed by atoms with Crippen LogP contribution in [-0.2, 0) is 11.2 Å². The molecule has 0 aliphatic rings. The van der Waals surface area contributed by atoms with E-state index in [-0.39, 0.29) is 12.5 Å². The molecular formula is C13H16O4. The van der Waals surface area contributed by atoms with Crippen LogP contribution in [0.25, 0.3) is 0 Å². The van der Waals surface area contributed by atoms with Gasteiger partial charge in [0.15, 0.2) is 6.29 Å². The lowest BCUT2D eigenvalue weighted by molar-refractivity contribution is -0.136. The number of aryl methyl sites for hydroxylation is 1. The Morgan fingerprint density at radius 1 is 1.47 bits per heavy atom. The summed E-state index contributed by atoms with van der Waals surface area (Å²) in [5.74, 6) is -0.311. The van der Waals surface area contributed by atoms with Crippen LogP contribution >= 0.6 is 0 Å². The topological polar surface area (TPSA) is 63.6 Å². The summed E-state index contributed by atoms with van der Waals surface area (Å²) < 4.78 is 5.47. The number of carbonyl (C=O) groups excluding carboxylic acids is 1. The third-order valence-corrected chi connectivity index (χ3v) is 2.19. The van der Waals surface area contributed by atoms with E-state index in [1.807, 2.05) is 13.8 Å². The van der Waals surface area contributed by atoms with E-state index in [1.54, 1.807) is 18.2 Å². The van der Waals surface area contributed by atoms with E-state index in [0.717, 1.165) is 11.8 Å². The number of carbonyl (C=O) groups is 2. The molecule has 0 fully saturated rings. The number of benzene rings is 1. The van der Waals surface area contributed by atoms with Crippen molar-refractivity contribution in [2.24, 2.45) is 0 Å². The Morgan fingerprint density at radius 2 is 2.18 bits per heavy atom. The van der Waals surface area contributed by atoms with Crippen LogP contribution < -0.4 is 4.74 Å². The van der Waals surface area contributed by atoms with Gasteiger partial charge in [0.05, 0.1) is 11.7 Å². The number of hydrogen-bond acceptors (Lipinski definition) is 3. The van der Waals surface area contributed by atoms with Crippen molar-refractivity contribution in [3.05, 3.63) is 29.3 Å². The molecule has 0 saturated carbocycles. The zero-order valence-corrected chi connectivity index (χ0v) is 9.97. The molecule has 1 rings (SSSR count). The molecule has 0 bridgehead atoms. The molecule has 0 radical (unpaired) electrons. The number of rotatable bonds is 6. The minimum absolute atomic E-state index is 0.00132. The highest BCUT2D eigenvalue weighted by atomic mass is 16.5. The van der Waals surface area contributed by atoms with E-state index >= 15 is 0 Å². The van der Waals surface area contributed by atoms with Crippen LogP contribution in [0.2, 0.25) is 0 Å². The van der Waals surface area contributed by atoms with Gasteiger partial charge in [0.1, 0.15) is 5.75 Å². The molecule has 0 aliphatic carbocycles. The molecule has 0 aliphatic heterocycles. The van der Waals surface area contributed by atoms with Gasteiger partial charge in [-0.15, -0.1) is 0 Å². The van der Waals surface area contributed by atoms with Crippen LogP contribution in [-0.4, -0.2) is 23.5 Å². The number of aliphatic carboxylic acids is 1. The maximum Gasteiger partial charge on any atom is 0.303 e. The van der Waals surface area contributed by atoms with Crippen LogP contribution in [0.4, 0.5) is 0 Å². The van der Waals surface area contributed by atoms with Gasteiger partial charge in [0, 0.05) is 6.42 Å². The van der Waals surface area contributed by atoms with E-state index in [0.29, 0.717) is 17.7 Å². The first-order valence-electron chi connectivity index (χ1n) is 5.49. The largest absolute Gasteiger partial charge is 0.490 e. The SMILES string of the molecule is CC(C)Oc1ccc(CCC(=O)O)cc1C=O. The molecule has 1 aromatic carbocycles. The number of hydrogen-bond donors (Lipinski definition) is 1. The van der Waals surface area contributed by atoms with Crippen molar-refractivity contribution in [1.82, 2.24) is 0 Å². The molecule has 0 spiro atoms. The van der Waals surface area contributed by atoms with E-state index < -0.39 is 5.97 Å². The molecule has 0 amide bonds. The number of carboxylic acid groups (broad SMARTS) is 1.